The second-order valence-corrected chi connectivity index (χ2v) is 4.43. The van der Waals surface area contributed by atoms with Gasteiger partial charge in [-0.25, -0.2) is 0 Å². The number of aromatic nitrogens is 4. The van der Waals surface area contributed by atoms with Crippen molar-refractivity contribution in [1.29, 1.82) is 0 Å². The minimum atomic E-state index is 0.300. The van der Waals surface area contributed by atoms with Crippen LogP contribution in [-0.4, -0.2) is 19.8 Å². The Labute approximate surface area is 92.8 Å². The molecule has 0 amide bonds. The normalized spacial score (nSPS) is 11.1. The fraction of sp³-hybridized carbons (Fsp3) is 0.429. The Hall–Kier alpha value is -0.820. The van der Waals surface area contributed by atoms with Crippen LogP contribution in [0, 0.1) is 0 Å². The molecule has 0 bridgehead atoms. The molecule has 74 valence electrons. The van der Waals surface area contributed by atoms with Crippen LogP contribution < -0.4 is 0 Å². The Kier molecular flexibility index (Phi) is 2.60. The summed E-state index contributed by atoms with van der Waals surface area (Å²) in [5.41, 5.74) is 0.895. The number of halogens is 1. The molecule has 2 aromatic heterocycles. The van der Waals surface area contributed by atoms with E-state index in [1.54, 1.807) is 0 Å². The summed E-state index contributed by atoms with van der Waals surface area (Å²) in [6, 6.07) is 0. The highest BCUT2D eigenvalue weighted by Gasteiger charge is 2.18. The van der Waals surface area contributed by atoms with Gasteiger partial charge in [0, 0.05) is 15.9 Å². The quantitative estimate of drug-likeness (QED) is 0.842. The van der Waals surface area contributed by atoms with Crippen LogP contribution in [0.1, 0.15) is 25.5 Å². The van der Waals surface area contributed by atoms with E-state index in [2.05, 4.69) is 35.7 Å². The zero-order valence-electron chi connectivity index (χ0n) is 7.56. The van der Waals surface area contributed by atoms with E-state index in [4.69, 9.17) is 4.42 Å². The Bertz CT molecular complexity index is 438. The number of rotatable bonds is 2. The average molecular weight is 275 g/mol. The van der Waals surface area contributed by atoms with E-state index in [0.29, 0.717) is 16.6 Å². The Morgan fingerprint density at radius 3 is 2.64 bits per heavy atom. The van der Waals surface area contributed by atoms with Crippen molar-refractivity contribution in [3.63, 3.8) is 0 Å². The summed E-state index contributed by atoms with van der Waals surface area (Å²) in [5, 5.41) is 11.6. The van der Waals surface area contributed by atoms with E-state index in [0.717, 1.165) is 10.6 Å². The molecule has 0 aliphatic heterocycles. The van der Waals surface area contributed by atoms with Gasteiger partial charge in [0.15, 0.2) is 0 Å². The van der Waals surface area contributed by atoms with Crippen LogP contribution in [0.5, 0.6) is 0 Å². The van der Waals surface area contributed by atoms with E-state index >= 15 is 0 Å². The molecular weight excluding hydrogens is 268 g/mol. The van der Waals surface area contributed by atoms with Crippen molar-refractivity contribution in [1.82, 2.24) is 19.8 Å². The Morgan fingerprint density at radius 1 is 1.29 bits per heavy atom. The van der Waals surface area contributed by atoms with Crippen molar-refractivity contribution < 1.29 is 4.42 Å². The predicted octanol–water partition coefficient (Wildman–Crippen LogP) is 2.47. The summed E-state index contributed by atoms with van der Waals surface area (Å²) in [6.45, 7) is 4.09. The first-order valence-electron chi connectivity index (χ1n) is 4.00. The second kappa shape index (κ2) is 3.74. The third-order valence-electron chi connectivity index (χ3n) is 1.65. The van der Waals surface area contributed by atoms with Crippen LogP contribution >= 0.6 is 27.5 Å². The molecule has 14 heavy (non-hydrogen) atoms. The summed E-state index contributed by atoms with van der Waals surface area (Å²) in [5.74, 6) is 0.769. The first kappa shape index (κ1) is 9.72. The van der Waals surface area contributed by atoms with Crippen LogP contribution in [0.4, 0.5) is 0 Å². The molecule has 0 unspecified atom stereocenters. The highest BCUT2D eigenvalue weighted by Crippen LogP contribution is 2.30. The topological polar surface area (TPSA) is 64.7 Å². The van der Waals surface area contributed by atoms with Gasteiger partial charge in [0.05, 0.1) is 5.69 Å². The molecule has 5 nitrogen and oxygen atoms in total. The van der Waals surface area contributed by atoms with Gasteiger partial charge in [-0.15, -0.1) is 15.3 Å². The van der Waals surface area contributed by atoms with E-state index in [-0.39, 0.29) is 0 Å². The van der Waals surface area contributed by atoms with Crippen molar-refractivity contribution in [2.75, 3.05) is 0 Å². The molecule has 0 fully saturated rings. The number of hydrogen-bond donors (Lipinski definition) is 0. The maximum Gasteiger partial charge on any atom is 0.285 e. The van der Waals surface area contributed by atoms with Gasteiger partial charge in [0.1, 0.15) is 4.88 Å². The molecule has 2 aromatic rings. The first-order valence-corrected chi connectivity index (χ1v) is 5.56. The molecular formula is C7H7BrN4OS. The molecule has 7 heteroatoms. The molecule has 2 rings (SSSR count). The van der Waals surface area contributed by atoms with Crippen molar-refractivity contribution in [3.05, 3.63) is 10.5 Å². The minimum Gasteiger partial charge on any atom is -0.410 e. The largest absolute Gasteiger partial charge is 0.410 e. The molecule has 0 saturated heterocycles. The number of nitrogens with zero attached hydrogens (tertiary/aromatic N) is 4. The molecule has 0 radical (unpaired) electrons. The van der Waals surface area contributed by atoms with Crippen LogP contribution in [0.3, 0.4) is 0 Å². The van der Waals surface area contributed by atoms with E-state index in [1.165, 1.54) is 11.5 Å². The lowest BCUT2D eigenvalue weighted by molar-refractivity contribution is 0.540. The van der Waals surface area contributed by atoms with Gasteiger partial charge in [0.25, 0.3) is 10.7 Å². The number of hydrogen-bond acceptors (Lipinski definition) is 6. The van der Waals surface area contributed by atoms with E-state index < -0.39 is 0 Å². The summed E-state index contributed by atoms with van der Waals surface area (Å²) in [6.07, 6.45) is 0. The lowest BCUT2D eigenvalue weighted by Crippen LogP contribution is -1.90. The Morgan fingerprint density at radius 2 is 2.07 bits per heavy atom. The van der Waals surface area contributed by atoms with Gasteiger partial charge < -0.3 is 4.42 Å². The molecule has 0 aliphatic carbocycles. The van der Waals surface area contributed by atoms with Gasteiger partial charge in [-0.05, 0) is 17.5 Å². The van der Waals surface area contributed by atoms with Gasteiger partial charge in [-0.3, -0.25) is 0 Å². The van der Waals surface area contributed by atoms with E-state index in [9.17, 15) is 0 Å². The summed E-state index contributed by atoms with van der Waals surface area (Å²) in [7, 11) is 0. The van der Waals surface area contributed by atoms with Gasteiger partial charge in [-0.1, -0.05) is 18.3 Å². The zero-order valence-corrected chi connectivity index (χ0v) is 9.96. The fourth-order valence-electron chi connectivity index (χ4n) is 1.02. The molecule has 0 saturated carbocycles. The third kappa shape index (κ3) is 1.69. The summed E-state index contributed by atoms with van der Waals surface area (Å²) < 4.78 is 9.12. The third-order valence-corrected chi connectivity index (χ3v) is 2.70. The SMILES string of the molecule is CC(C)c1nnsc1-c1nnc(Br)o1. The van der Waals surface area contributed by atoms with Crippen molar-refractivity contribution in [2.45, 2.75) is 19.8 Å². The lowest BCUT2D eigenvalue weighted by atomic mass is 10.1. The van der Waals surface area contributed by atoms with Gasteiger partial charge in [0.2, 0.25) is 0 Å². The van der Waals surface area contributed by atoms with Gasteiger partial charge in [-0.2, -0.15) is 0 Å². The van der Waals surface area contributed by atoms with E-state index in [1.807, 2.05) is 13.8 Å². The summed E-state index contributed by atoms with van der Waals surface area (Å²) in [4.78, 5) is 1.22. The van der Waals surface area contributed by atoms with Crippen LogP contribution in [0.25, 0.3) is 10.8 Å². The fourth-order valence-corrected chi connectivity index (χ4v) is 1.99. The van der Waals surface area contributed by atoms with Crippen LogP contribution in [0.2, 0.25) is 0 Å². The molecule has 0 atom stereocenters. The van der Waals surface area contributed by atoms with Gasteiger partial charge >= 0.3 is 0 Å². The van der Waals surface area contributed by atoms with Crippen LogP contribution in [-0.2, 0) is 0 Å². The monoisotopic (exact) mass is 274 g/mol. The molecule has 0 aromatic carbocycles. The zero-order chi connectivity index (χ0) is 10.1. The minimum absolute atomic E-state index is 0.300. The predicted molar refractivity (Wildman–Crippen MR) is 55.0 cm³/mol. The average Bonchev–Trinajstić information content (AvgIpc) is 2.70. The smallest absolute Gasteiger partial charge is 0.285 e. The first-order chi connectivity index (χ1) is 6.68. The van der Waals surface area contributed by atoms with Crippen molar-refractivity contribution >= 4 is 27.5 Å². The highest BCUT2D eigenvalue weighted by molar-refractivity contribution is 9.10. The maximum atomic E-state index is 5.24. The lowest BCUT2D eigenvalue weighted by Gasteiger charge is -1.98. The molecule has 0 aliphatic rings. The molecule has 2 heterocycles. The van der Waals surface area contributed by atoms with Crippen LogP contribution in [0.15, 0.2) is 9.22 Å². The summed E-state index contributed by atoms with van der Waals surface area (Å²) >= 11 is 4.37. The maximum absolute atomic E-state index is 5.24. The highest BCUT2D eigenvalue weighted by atomic mass is 79.9. The van der Waals surface area contributed by atoms with Crippen molar-refractivity contribution in [3.8, 4) is 10.8 Å². The molecule has 0 N–H and O–H groups in total. The Balaban J connectivity index is 2.46. The van der Waals surface area contributed by atoms with Crippen molar-refractivity contribution in [2.24, 2.45) is 0 Å². The standard InChI is InChI=1S/C7H7BrN4OS/c1-3(2)4-5(14-12-9-4)6-10-11-7(8)13-6/h3H,1-2H3. The molecule has 0 spiro atoms. The second-order valence-electron chi connectivity index (χ2n) is 3.00.